The highest BCUT2D eigenvalue weighted by Gasteiger charge is 2.14. The fourth-order valence-electron chi connectivity index (χ4n) is 2.01. The molecular weight excluding hydrogens is 273 g/mol. The number of aromatic hydroxyl groups is 1. The molecule has 0 amide bonds. The van der Waals surface area contributed by atoms with Gasteiger partial charge in [0.05, 0.1) is 5.69 Å². The lowest BCUT2D eigenvalue weighted by molar-refractivity contribution is 0.450. The lowest BCUT2D eigenvalue weighted by Crippen LogP contribution is -2.25. The number of nitrogens with zero attached hydrogens (tertiary/aromatic N) is 1. The van der Waals surface area contributed by atoms with Crippen LogP contribution in [0.25, 0.3) is 0 Å². The molecule has 0 radical (unpaired) electrons. The third-order valence-corrected chi connectivity index (χ3v) is 2.89. The van der Waals surface area contributed by atoms with E-state index in [1.54, 1.807) is 12.1 Å². The standard InChI is InChI=1S/C11H17N3O.CH4.2ClH/c12-11-6-5-10(15)9(14-11)7-13-8-3-1-2-4-8;;;/h5-6,8,13,15H,1-4,7H2,(H2,12,14);1H4;2*1H. The molecule has 106 valence electrons. The summed E-state index contributed by atoms with van der Waals surface area (Å²) >= 11 is 0. The first-order chi connectivity index (χ1) is 7.25. The molecular formula is C12H23Cl2N3O. The maximum Gasteiger partial charge on any atom is 0.138 e. The van der Waals surface area contributed by atoms with Crippen LogP contribution in [0.1, 0.15) is 38.8 Å². The molecule has 0 spiro atoms. The van der Waals surface area contributed by atoms with Gasteiger partial charge in [0.15, 0.2) is 0 Å². The molecule has 4 N–H and O–H groups in total. The Morgan fingerprint density at radius 2 is 1.89 bits per heavy atom. The molecule has 1 fully saturated rings. The summed E-state index contributed by atoms with van der Waals surface area (Å²) in [5, 5.41) is 12.9. The van der Waals surface area contributed by atoms with Crippen molar-refractivity contribution in [3.05, 3.63) is 17.8 Å². The molecule has 0 saturated heterocycles. The van der Waals surface area contributed by atoms with Crippen LogP contribution in [0.3, 0.4) is 0 Å². The SMILES string of the molecule is C.Cl.Cl.Nc1ccc(O)c(CNC2CCCC2)n1. The van der Waals surface area contributed by atoms with E-state index in [1.165, 1.54) is 25.7 Å². The van der Waals surface area contributed by atoms with Crippen LogP contribution in [-0.2, 0) is 6.54 Å². The van der Waals surface area contributed by atoms with Crippen LogP contribution in [0, 0.1) is 0 Å². The zero-order valence-electron chi connectivity index (χ0n) is 9.56. The van der Waals surface area contributed by atoms with Gasteiger partial charge in [0.2, 0.25) is 0 Å². The Balaban J connectivity index is 0. The van der Waals surface area contributed by atoms with Crippen LogP contribution >= 0.6 is 24.8 Å². The molecule has 1 aromatic rings. The molecule has 0 aromatic carbocycles. The van der Waals surface area contributed by atoms with Crippen molar-refractivity contribution in [3.8, 4) is 5.75 Å². The largest absolute Gasteiger partial charge is 0.506 e. The van der Waals surface area contributed by atoms with Crippen LogP contribution in [0.5, 0.6) is 5.75 Å². The van der Waals surface area contributed by atoms with Crippen LogP contribution in [0.2, 0.25) is 0 Å². The molecule has 1 aromatic heterocycles. The van der Waals surface area contributed by atoms with E-state index in [9.17, 15) is 5.11 Å². The molecule has 4 nitrogen and oxygen atoms in total. The van der Waals surface area contributed by atoms with Gasteiger partial charge in [-0.15, -0.1) is 24.8 Å². The van der Waals surface area contributed by atoms with E-state index in [1.807, 2.05) is 0 Å². The van der Waals surface area contributed by atoms with Crippen molar-refractivity contribution < 1.29 is 5.11 Å². The second-order valence-electron chi connectivity index (χ2n) is 4.06. The van der Waals surface area contributed by atoms with Crippen molar-refractivity contribution in [3.63, 3.8) is 0 Å². The number of rotatable bonds is 3. The molecule has 6 heteroatoms. The third kappa shape index (κ3) is 5.29. The van der Waals surface area contributed by atoms with Crippen LogP contribution in [0.15, 0.2) is 12.1 Å². The number of nitrogens with one attached hydrogen (secondary N) is 1. The summed E-state index contributed by atoms with van der Waals surface area (Å²) in [5.41, 5.74) is 6.20. The lowest BCUT2D eigenvalue weighted by atomic mass is 10.2. The molecule has 0 aliphatic heterocycles. The van der Waals surface area contributed by atoms with Crippen LogP contribution in [0.4, 0.5) is 5.82 Å². The first-order valence-corrected chi connectivity index (χ1v) is 5.43. The first kappa shape index (κ1) is 19.6. The highest BCUT2D eigenvalue weighted by molar-refractivity contribution is 5.85. The Kier molecular flexibility index (Phi) is 10.1. The van der Waals surface area contributed by atoms with E-state index in [0.717, 1.165) is 0 Å². The van der Waals surface area contributed by atoms with Gasteiger partial charge in [-0.3, -0.25) is 0 Å². The van der Waals surface area contributed by atoms with Crippen molar-refractivity contribution in [2.45, 2.75) is 45.7 Å². The van der Waals surface area contributed by atoms with Gasteiger partial charge in [0, 0.05) is 12.6 Å². The van der Waals surface area contributed by atoms with E-state index in [0.29, 0.717) is 24.1 Å². The Morgan fingerprint density at radius 3 is 2.50 bits per heavy atom. The van der Waals surface area contributed by atoms with Gasteiger partial charge >= 0.3 is 0 Å². The number of halogens is 2. The van der Waals surface area contributed by atoms with Crippen LogP contribution in [-0.4, -0.2) is 16.1 Å². The topological polar surface area (TPSA) is 71.2 Å². The lowest BCUT2D eigenvalue weighted by Gasteiger charge is -2.12. The van der Waals surface area contributed by atoms with E-state index in [2.05, 4.69) is 10.3 Å². The van der Waals surface area contributed by atoms with E-state index >= 15 is 0 Å². The number of pyridine rings is 1. The summed E-state index contributed by atoms with van der Waals surface area (Å²) in [5.74, 6) is 0.672. The minimum atomic E-state index is 0. The van der Waals surface area contributed by atoms with Crippen molar-refractivity contribution in [1.82, 2.24) is 10.3 Å². The Hall–Kier alpha value is -0.710. The van der Waals surface area contributed by atoms with Crippen molar-refractivity contribution in [2.75, 3.05) is 5.73 Å². The summed E-state index contributed by atoms with van der Waals surface area (Å²) in [4.78, 5) is 4.10. The van der Waals surface area contributed by atoms with Gasteiger partial charge < -0.3 is 16.2 Å². The minimum Gasteiger partial charge on any atom is -0.506 e. The van der Waals surface area contributed by atoms with E-state index in [-0.39, 0.29) is 38.0 Å². The number of hydrogen-bond donors (Lipinski definition) is 3. The molecule has 0 atom stereocenters. The van der Waals surface area contributed by atoms with Gasteiger partial charge in [-0.1, -0.05) is 20.3 Å². The average Bonchev–Trinajstić information content (AvgIpc) is 2.72. The van der Waals surface area contributed by atoms with Gasteiger partial charge in [0.25, 0.3) is 0 Å². The minimum absolute atomic E-state index is 0. The molecule has 18 heavy (non-hydrogen) atoms. The Labute approximate surface area is 121 Å². The molecule has 1 aliphatic carbocycles. The Bertz CT molecular complexity index is 344. The second-order valence-corrected chi connectivity index (χ2v) is 4.06. The zero-order valence-corrected chi connectivity index (χ0v) is 11.2. The number of anilines is 1. The summed E-state index contributed by atoms with van der Waals surface area (Å²) in [6, 6.07) is 3.77. The van der Waals surface area contributed by atoms with Gasteiger partial charge in [-0.25, -0.2) is 4.98 Å². The molecule has 0 bridgehead atoms. The normalized spacial score (nSPS) is 14.2. The van der Waals surface area contributed by atoms with Crippen molar-refractivity contribution >= 4 is 30.6 Å². The quantitative estimate of drug-likeness (QED) is 0.802. The number of aromatic nitrogens is 1. The third-order valence-electron chi connectivity index (χ3n) is 2.89. The number of nitrogen functional groups attached to an aromatic ring is 1. The van der Waals surface area contributed by atoms with Crippen molar-refractivity contribution in [1.29, 1.82) is 0 Å². The maximum absolute atomic E-state index is 9.55. The number of nitrogens with two attached hydrogens (primary N) is 1. The second kappa shape index (κ2) is 9.25. The molecule has 1 aliphatic rings. The fourth-order valence-corrected chi connectivity index (χ4v) is 2.01. The van der Waals surface area contributed by atoms with Gasteiger partial charge in [-0.05, 0) is 25.0 Å². The zero-order chi connectivity index (χ0) is 10.7. The van der Waals surface area contributed by atoms with Gasteiger partial charge in [0.1, 0.15) is 11.6 Å². The highest BCUT2D eigenvalue weighted by atomic mass is 35.5. The summed E-state index contributed by atoms with van der Waals surface area (Å²) in [6.45, 7) is 0.599. The predicted molar refractivity (Wildman–Crippen MR) is 80.6 cm³/mol. The highest BCUT2D eigenvalue weighted by Crippen LogP contribution is 2.20. The average molecular weight is 296 g/mol. The van der Waals surface area contributed by atoms with E-state index in [4.69, 9.17) is 5.73 Å². The monoisotopic (exact) mass is 295 g/mol. The predicted octanol–water partition coefficient (Wildman–Crippen LogP) is 2.88. The summed E-state index contributed by atoms with van der Waals surface area (Å²) < 4.78 is 0. The number of hydrogen-bond acceptors (Lipinski definition) is 4. The van der Waals surface area contributed by atoms with E-state index < -0.39 is 0 Å². The summed E-state index contributed by atoms with van der Waals surface area (Å²) in [7, 11) is 0. The molecule has 1 heterocycles. The maximum atomic E-state index is 9.55. The fraction of sp³-hybridized carbons (Fsp3) is 0.583. The molecule has 0 unspecified atom stereocenters. The van der Waals surface area contributed by atoms with Crippen molar-refractivity contribution in [2.24, 2.45) is 0 Å². The molecule has 1 saturated carbocycles. The van der Waals surface area contributed by atoms with Crippen LogP contribution < -0.4 is 11.1 Å². The van der Waals surface area contributed by atoms with Gasteiger partial charge in [-0.2, -0.15) is 0 Å². The summed E-state index contributed by atoms with van der Waals surface area (Å²) in [6.07, 6.45) is 5.05. The Morgan fingerprint density at radius 1 is 1.28 bits per heavy atom. The first-order valence-electron chi connectivity index (χ1n) is 5.43. The molecule has 2 rings (SSSR count). The smallest absolute Gasteiger partial charge is 0.138 e.